The van der Waals surface area contributed by atoms with Crippen molar-refractivity contribution >= 4 is 29.0 Å². The standard InChI is InChI=1S/C19H18N4O2/c1-13-20-17(22-15-8-6-7-14(11-15)19(24)25)12-18(21-13)23(2)16-9-4-3-5-10-16/h3-12H,1-2H3,(H,24,25)(H,20,21,22). The summed E-state index contributed by atoms with van der Waals surface area (Å²) >= 11 is 0. The summed E-state index contributed by atoms with van der Waals surface area (Å²) in [6.45, 7) is 1.82. The maximum atomic E-state index is 11.1. The van der Waals surface area contributed by atoms with E-state index in [9.17, 15) is 4.79 Å². The van der Waals surface area contributed by atoms with Crippen molar-refractivity contribution in [3.05, 3.63) is 72.1 Å². The van der Waals surface area contributed by atoms with Crippen molar-refractivity contribution in [2.75, 3.05) is 17.3 Å². The summed E-state index contributed by atoms with van der Waals surface area (Å²) in [5, 5.41) is 12.2. The molecule has 0 aliphatic carbocycles. The fourth-order valence-corrected chi connectivity index (χ4v) is 2.45. The third kappa shape index (κ3) is 3.92. The molecule has 0 aliphatic rings. The molecule has 25 heavy (non-hydrogen) atoms. The Morgan fingerprint density at radius 1 is 1.04 bits per heavy atom. The number of anilines is 4. The Labute approximate surface area is 145 Å². The summed E-state index contributed by atoms with van der Waals surface area (Å²) in [4.78, 5) is 21.9. The van der Waals surface area contributed by atoms with Gasteiger partial charge < -0.3 is 15.3 Å². The Bertz CT molecular complexity index is 897. The van der Waals surface area contributed by atoms with Crippen molar-refractivity contribution in [1.29, 1.82) is 0 Å². The second kappa shape index (κ2) is 7.00. The molecular weight excluding hydrogens is 316 g/mol. The molecule has 3 aromatic rings. The van der Waals surface area contributed by atoms with Crippen LogP contribution in [-0.2, 0) is 0 Å². The fraction of sp³-hybridized carbons (Fsp3) is 0.105. The minimum Gasteiger partial charge on any atom is -0.478 e. The van der Waals surface area contributed by atoms with E-state index in [2.05, 4.69) is 15.3 Å². The largest absolute Gasteiger partial charge is 0.478 e. The van der Waals surface area contributed by atoms with E-state index >= 15 is 0 Å². The molecule has 0 unspecified atom stereocenters. The van der Waals surface area contributed by atoms with E-state index in [1.54, 1.807) is 24.3 Å². The first kappa shape index (κ1) is 16.4. The molecule has 1 heterocycles. The highest BCUT2D eigenvalue weighted by atomic mass is 16.4. The van der Waals surface area contributed by atoms with E-state index in [0.29, 0.717) is 17.3 Å². The van der Waals surface area contributed by atoms with Crippen LogP contribution in [0.15, 0.2) is 60.7 Å². The van der Waals surface area contributed by atoms with Crippen LogP contribution in [0.3, 0.4) is 0 Å². The van der Waals surface area contributed by atoms with E-state index in [-0.39, 0.29) is 5.56 Å². The molecular formula is C19H18N4O2. The van der Waals surface area contributed by atoms with Crippen LogP contribution in [0.5, 0.6) is 0 Å². The van der Waals surface area contributed by atoms with Crippen LogP contribution < -0.4 is 10.2 Å². The van der Waals surface area contributed by atoms with Gasteiger partial charge in [-0.2, -0.15) is 0 Å². The highest BCUT2D eigenvalue weighted by Crippen LogP contribution is 2.25. The monoisotopic (exact) mass is 334 g/mol. The lowest BCUT2D eigenvalue weighted by Crippen LogP contribution is -2.12. The highest BCUT2D eigenvalue weighted by molar-refractivity contribution is 5.89. The van der Waals surface area contributed by atoms with Crippen molar-refractivity contribution in [2.45, 2.75) is 6.92 Å². The van der Waals surface area contributed by atoms with E-state index in [0.717, 1.165) is 11.5 Å². The van der Waals surface area contributed by atoms with Crippen LogP contribution in [0.25, 0.3) is 0 Å². The lowest BCUT2D eigenvalue weighted by atomic mass is 10.2. The van der Waals surface area contributed by atoms with Crippen molar-refractivity contribution in [3.63, 3.8) is 0 Å². The molecule has 0 fully saturated rings. The van der Waals surface area contributed by atoms with Gasteiger partial charge in [0.25, 0.3) is 0 Å². The number of aryl methyl sites for hydroxylation is 1. The van der Waals surface area contributed by atoms with Gasteiger partial charge in [-0.3, -0.25) is 0 Å². The predicted molar refractivity (Wildman–Crippen MR) is 98.0 cm³/mol. The Kier molecular flexibility index (Phi) is 4.61. The first-order valence-corrected chi connectivity index (χ1v) is 7.78. The van der Waals surface area contributed by atoms with Crippen LogP contribution in [0.2, 0.25) is 0 Å². The van der Waals surface area contributed by atoms with Gasteiger partial charge in [-0.25, -0.2) is 14.8 Å². The second-order valence-electron chi connectivity index (χ2n) is 5.56. The highest BCUT2D eigenvalue weighted by Gasteiger charge is 2.09. The summed E-state index contributed by atoms with van der Waals surface area (Å²) in [6, 6.07) is 18.3. The second-order valence-corrected chi connectivity index (χ2v) is 5.56. The molecule has 0 saturated carbocycles. The molecule has 0 atom stereocenters. The first-order valence-electron chi connectivity index (χ1n) is 7.78. The molecule has 2 aromatic carbocycles. The minimum absolute atomic E-state index is 0.220. The van der Waals surface area contributed by atoms with E-state index in [4.69, 9.17) is 5.11 Å². The molecule has 6 nitrogen and oxygen atoms in total. The molecule has 1 aromatic heterocycles. The molecule has 0 aliphatic heterocycles. The van der Waals surface area contributed by atoms with Gasteiger partial charge in [-0.15, -0.1) is 0 Å². The zero-order valence-corrected chi connectivity index (χ0v) is 14.0. The van der Waals surface area contributed by atoms with E-state index in [1.165, 1.54) is 0 Å². The van der Waals surface area contributed by atoms with Gasteiger partial charge >= 0.3 is 5.97 Å². The number of carbonyl (C=O) groups is 1. The number of hydrogen-bond donors (Lipinski definition) is 2. The van der Waals surface area contributed by atoms with Crippen LogP contribution in [-0.4, -0.2) is 28.1 Å². The van der Waals surface area contributed by atoms with Gasteiger partial charge in [-0.05, 0) is 37.3 Å². The third-order valence-corrected chi connectivity index (χ3v) is 3.69. The van der Waals surface area contributed by atoms with Crippen molar-refractivity contribution in [3.8, 4) is 0 Å². The van der Waals surface area contributed by atoms with E-state index in [1.807, 2.05) is 55.3 Å². The number of carboxylic acid groups (broad SMARTS) is 1. The van der Waals surface area contributed by atoms with Crippen LogP contribution in [0.1, 0.15) is 16.2 Å². The lowest BCUT2D eigenvalue weighted by molar-refractivity contribution is 0.0697. The number of para-hydroxylation sites is 1. The molecule has 0 amide bonds. The SMILES string of the molecule is Cc1nc(Nc2cccc(C(=O)O)c2)cc(N(C)c2ccccc2)n1. The molecule has 3 rings (SSSR count). The average molecular weight is 334 g/mol. The van der Waals surface area contributed by atoms with Gasteiger partial charge in [0.1, 0.15) is 17.5 Å². The van der Waals surface area contributed by atoms with Crippen molar-refractivity contribution in [2.24, 2.45) is 0 Å². The molecule has 2 N–H and O–H groups in total. The molecule has 0 spiro atoms. The normalized spacial score (nSPS) is 10.3. The zero-order chi connectivity index (χ0) is 17.8. The number of aromatic carboxylic acids is 1. The number of nitrogens with zero attached hydrogens (tertiary/aromatic N) is 3. The maximum absolute atomic E-state index is 11.1. The number of benzene rings is 2. The van der Waals surface area contributed by atoms with Gasteiger partial charge in [0.2, 0.25) is 0 Å². The Morgan fingerprint density at radius 3 is 2.52 bits per heavy atom. The van der Waals surface area contributed by atoms with E-state index < -0.39 is 5.97 Å². The summed E-state index contributed by atoms with van der Waals surface area (Å²) < 4.78 is 0. The summed E-state index contributed by atoms with van der Waals surface area (Å²) in [7, 11) is 1.94. The molecule has 6 heteroatoms. The first-order chi connectivity index (χ1) is 12.0. The van der Waals surface area contributed by atoms with Gasteiger partial charge in [-0.1, -0.05) is 24.3 Å². The quantitative estimate of drug-likeness (QED) is 0.734. The Morgan fingerprint density at radius 2 is 1.80 bits per heavy atom. The van der Waals surface area contributed by atoms with Gasteiger partial charge in [0.05, 0.1) is 5.56 Å². The van der Waals surface area contributed by atoms with Gasteiger partial charge in [0.15, 0.2) is 0 Å². The number of hydrogen-bond acceptors (Lipinski definition) is 5. The summed E-state index contributed by atoms with van der Waals surface area (Å²) in [5.41, 5.74) is 1.89. The molecule has 0 radical (unpaired) electrons. The van der Waals surface area contributed by atoms with Crippen LogP contribution in [0.4, 0.5) is 23.0 Å². The summed E-state index contributed by atoms with van der Waals surface area (Å²) in [5.74, 6) is 1.01. The summed E-state index contributed by atoms with van der Waals surface area (Å²) in [6.07, 6.45) is 0. The van der Waals surface area contributed by atoms with Crippen LogP contribution in [0, 0.1) is 6.92 Å². The average Bonchev–Trinajstić information content (AvgIpc) is 2.61. The maximum Gasteiger partial charge on any atom is 0.335 e. The number of nitrogens with one attached hydrogen (secondary N) is 1. The minimum atomic E-state index is -0.966. The number of carboxylic acids is 1. The molecule has 0 bridgehead atoms. The Hall–Kier alpha value is -3.41. The molecule has 0 saturated heterocycles. The number of aromatic nitrogens is 2. The number of rotatable bonds is 5. The smallest absolute Gasteiger partial charge is 0.335 e. The van der Waals surface area contributed by atoms with Gasteiger partial charge in [0, 0.05) is 24.5 Å². The van der Waals surface area contributed by atoms with Crippen LogP contribution >= 0.6 is 0 Å². The fourth-order valence-electron chi connectivity index (χ4n) is 2.45. The predicted octanol–water partition coefficient (Wildman–Crippen LogP) is 3.99. The lowest BCUT2D eigenvalue weighted by Gasteiger charge is -2.19. The zero-order valence-electron chi connectivity index (χ0n) is 14.0. The Balaban J connectivity index is 1.89. The topological polar surface area (TPSA) is 78.3 Å². The van der Waals surface area contributed by atoms with Crippen molar-refractivity contribution in [1.82, 2.24) is 9.97 Å². The third-order valence-electron chi connectivity index (χ3n) is 3.69. The molecule has 126 valence electrons. The van der Waals surface area contributed by atoms with Crippen molar-refractivity contribution < 1.29 is 9.90 Å².